The van der Waals surface area contributed by atoms with Gasteiger partial charge in [-0.1, -0.05) is 18.5 Å². The zero-order valence-corrected chi connectivity index (χ0v) is 18.9. The van der Waals surface area contributed by atoms with Gasteiger partial charge in [0.1, 0.15) is 5.82 Å². The number of hydrogen-bond donors (Lipinski definition) is 1. The molecule has 3 aromatic heterocycles. The molecule has 4 nitrogen and oxygen atoms in total. The third kappa shape index (κ3) is 4.31. The first-order valence-electron chi connectivity index (χ1n) is 11.3. The molecule has 0 saturated heterocycles. The van der Waals surface area contributed by atoms with Gasteiger partial charge in [0.15, 0.2) is 5.65 Å². The van der Waals surface area contributed by atoms with Crippen molar-refractivity contribution in [1.29, 1.82) is 0 Å². The highest BCUT2D eigenvalue weighted by Gasteiger charge is 2.33. The van der Waals surface area contributed by atoms with E-state index in [-0.39, 0.29) is 11.8 Å². The molecule has 1 saturated carbocycles. The van der Waals surface area contributed by atoms with E-state index in [4.69, 9.17) is 16.6 Å². The van der Waals surface area contributed by atoms with Gasteiger partial charge in [-0.3, -0.25) is 4.98 Å². The average Bonchev–Trinajstić information content (AvgIpc) is 3.21. The number of alkyl halides is 3. The molecule has 0 amide bonds. The van der Waals surface area contributed by atoms with E-state index in [1.54, 1.807) is 12.4 Å². The number of aromatic nitrogens is 4. The fourth-order valence-electron chi connectivity index (χ4n) is 5.35. The molecular weight excluding hydrogens is 449 g/mol. The standard InChI is InChI=1S/C25H24ClF3N4/c1-2-18(23-32-22-12-17(26)13-31-24(22)33-23)14-3-5-15(6-4-14)19-9-10-30-21-8-7-16(11-20(19)21)25(27,28)29/h7-15,18H,2-6H2,1H3,(H,31,32,33)/t14-,15+,18?. The summed E-state index contributed by atoms with van der Waals surface area (Å²) in [5.41, 5.74) is 2.48. The van der Waals surface area contributed by atoms with Crippen LogP contribution >= 0.6 is 11.6 Å². The second kappa shape index (κ2) is 8.60. The summed E-state index contributed by atoms with van der Waals surface area (Å²) < 4.78 is 39.9. The lowest BCUT2D eigenvalue weighted by Crippen LogP contribution is -2.20. The number of imidazole rings is 1. The summed E-state index contributed by atoms with van der Waals surface area (Å²) in [5, 5.41) is 1.19. The molecule has 33 heavy (non-hydrogen) atoms. The summed E-state index contributed by atoms with van der Waals surface area (Å²) >= 11 is 6.06. The van der Waals surface area contributed by atoms with Crippen LogP contribution in [0.4, 0.5) is 13.2 Å². The Morgan fingerprint density at radius 3 is 2.61 bits per heavy atom. The molecule has 0 aliphatic heterocycles. The Kier molecular flexibility index (Phi) is 5.77. The van der Waals surface area contributed by atoms with Crippen LogP contribution in [-0.4, -0.2) is 19.9 Å². The maximum absolute atomic E-state index is 13.3. The van der Waals surface area contributed by atoms with Gasteiger partial charge in [0.25, 0.3) is 0 Å². The highest BCUT2D eigenvalue weighted by atomic mass is 35.5. The van der Waals surface area contributed by atoms with Crippen LogP contribution in [0.5, 0.6) is 0 Å². The molecule has 1 aliphatic carbocycles. The van der Waals surface area contributed by atoms with Crippen LogP contribution in [0.2, 0.25) is 5.02 Å². The van der Waals surface area contributed by atoms with E-state index >= 15 is 0 Å². The van der Waals surface area contributed by atoms with Crippen LogP contribution in [0.15, 0.2) is 42.7 Å². The second-order valence-corrected chi connectivity index (χ2v) is 9.34. The molecule has 3 heterocycles. The van der Waals surface area contributed by atoms with Crippen molar-refractivity contribution >= 4 is 33.7 Å². The number of hydrogen-bond acceptors (Lipinski definition) is 3. The normalized spacial score (nSPS) is 20.4. The van der Waals surface area contributed by atoms with E-state index < -0.39 is 11.7 Å². The van der Waals surface area contributed by atoms with Crippen molar-refractivity contribution < 1.29 is 13.2 Å². The van der Waals surface area contributed by atoms with Crippen LogP contribution in [0.1, 0.15) is 67.8 Å². The number of rotatable bonds is 4. The van der Waals surface area contributed by atoms with Crippen LogP contribution in [0.3, 0.4) is 0 Å². The summed E-state index contributed by atoms with van der Waals surface area (Å²) in [6.45, 7) is 2.17. The van der Waals surface area contributed by atoms with E-state index in [9.17, 15) is 13.2 Å². The van der Waals surface area contributed by atoms with E-state index in [0.29, 0.717) is 27.5 Å². The first-order chi connectivity index (χ1) is 15.8. The third-order valence-electron chi connectivity index (χ3n) is 7.00. The Morgan fingerprint density at radius 2 is 1.88 bits per heavy atom. The number of aromatic amines is 1. The zero-order chi connectivity index (χ0) is 23.2. The van der Waals surface area contributed by atoms with Crippen molar-refractivity contribution in [2.45, 2.75) is 57.0 Å². The van der Waals surface area contributed by atoms with Crippen molar-refractivity contribution in [2.75, 3.05) is 0 Å². The molecule has 1 aliphatic rings. The van der Waals surface area contributed by atoms with Gasteiger partial charge in [0, 0.05) is 23.7 Å². The SMILES string of the molecule is CCC(c1nc2ncc(Cl)cc2[nH]1)[C@H]1CC[C@@H](c2ccnc3ccc(C(F)(F)F)cc32)CC1. The Bertz CT molecular complexity index is 1290. The monoisotopic (exact) mass is 472 g/mol. The van der Waals surface area contributed by atoms with E-state index in [1.807, 2.05) is 12.1 Å². The van der Waals surface area contributed by atoms with Gasteiger partial charge < -0.3 is 4.98 Å². The molecule has 8 heteroatoms. The number of benzene rings is 1. The van der Waals surface area contributed by atoms with Gasteiger partial charge in [-0.2, -0.15) is 13.2 Å². The Labute approximate surface area is 194 Å². The van der Waals surface area contributed by atoms with Gasteiger partial charge in [-0.05, 0) is 79.8 Å². The van der Waals surface area contributed by atoms with Crippen molar-refractivity contribution in [2.24, 2.45) is 5.92 Å². The summed E-state index contributed by atoms with van der Waals surface area (Å²) in [7, 11) is 0. The molecule has 0 radical (unpaired) electrons. The van der Waals surface area contributed by atoms with Crippen molar-refractivity contribution in [1.82, 2.24) is 19.9 Å². The molecule has 1 unspecified atom stereocenters. The summed E-state index contributed by atoms with van der Waals surface area (Å²) in [4.78, 5) is 16.7. The quantitative estimate of drug-likeness (QED) is 0.332. The lowest BCUT2D eigenvalue weighted by atomic mass is 9.72. The molecule has 1 N–H and O–H groups in total. The van der Waals surface area contributed by atoms with Crippen LogP contribution in [-0.2, 0) is 6.18 Å². The predicted octanol–water partition coefficient (Wildman–Crippen LogP) is 7.65. The Balaban J connectivity index is 1.37. The summed E-state index contributed by atoms with van der Waals surface area (Å²) in [6.07, 6.45) is 3.76. The molecule has 0 bridgehead atoms. The van der Waals surface area contributed by atoms with Gasteiger partial charge >= 0.3 is 6.18 Å². The molecule has 4 aromatic rings. The van der Waals surface area contributed by atoms with E-state index in [2.05, 4.69) is 21.9 Å². The van der Waals surface area contributed by atoms with Crippen molar-refractivity contribution in [3.63, 3.8) is 0 Å². The number of nitrogens with zero attached hydrogens (tertiary/aromatic N) is 3. The fraction of sp³-hybridized carbons (Fsp3) is 0.400. The van der Waals surface area contributed by atoms with Crippen LogP contribution in [0, 0.1) is 5.92 Å². The first kappa shape index (κ1) is 22.1. The highest BCUT2D eigenvalue weighted by Crippen LogP contribution is 2.44. The van der Waals surface area contributed by atoms with Crippen LogP contribution < -0.4 is 0 Å². The van der Waals surface area contributed by atoms with Gasteiger partial charge in [-0.25, -0.2) is 9.97 Å². The van der Waals surface area contributed by atoms with Gasteiger partial charge in [0.2, 0.25) is 0 Å². The summed E-state index contributed by atoms with van der Waals surface area (Å²) in [5.74, 6) is 1.91. The number of nitrogens with one attached hydrogen (secondary N) is 1. The van der Waals surface area contributed by atoms with Crippen LogP contribution in [0.25, 0.3) is 22.1 Å². The summed E-state index contributed by atoms with van der Waals surface area (Å²) in [6, 6.07) is 7.57. The molecule has 1 atom stereocenters. The Morgan fingerprint density at radius 1 is 1.09 bits per heavy atom. The lowest BCUT2D eigenvalue weighted by molar-refractivity contribution is -0.137. The maximum Gasteiger partial charge on any atom is 0.416 e. The number of fused-ring (bicyclic) bond motifs is 2. The van der Waals surface area contributed by atoms with Gasteiger partial charge in [0.05, 0.1) is 21.6 Å². The molecule has 5 rings (SSSR count). The van der Waals surface area contributed by atoms with E-state index in [1.165, 1.54) is 12.1 Å². The maximum atomic E-state index is 13.3. The molecule has 0 spiro atoms. The minimum Gasteiger partial charge on any atom is -0.340 e. The topological polar surface area (TPSA) is 54.5 Å². The number of H-pyrrole nitrogens is 1. The highest BCUT2D eigenvalue weighted by molar-refractivity contribution is 6.31. The molecular formula is C25H24ClF3N4. The third-order valence-corrected chi connectivity index (χ3v) is 7.20. The second-order valence-electron chi connectivity index (χ2n) is 8.90. The molecule has 172 valence electrons. The molecule has 1 fully saturated rings. The lowest BCUT2D eigenvalue weighted by Gasteiger charge is -2.33. The fourth-order valence-corrected chi connectivity index (χ4v) is 5.51. The number of pyridine rings is 2. The van der Waals surface area contributed by atoms with Crippen molar-refractivity contribution in [3.05, 3.63) is 64.7 Å². The number of halogens is 4. The predicted molar refractivity (Wildman–Crippen MR) is 123 cm³/mol. The van der Waals surface area contributed by atoms with E-state index in [0.717, 1.165) is 55.1 Å². The minimum atomic E-state index is -4.36. The zero-order valence-electron chi connectivity index (χ0n) is 18.2. The largest absolute Gasteiger partial charge is 0.416 e. The average molecular weight is 473 g/mol. The van der Waals surface area contributed by atoms with Crippen molar-refractivity contribution in [3.8, 4) is 0 Å². The smallest absolute Gasteiger partial charge is 0.340 e. The first-order valence-corrected chi connectivity index (χ1v) is 11.7. The molecule has 1 aromatic carbocycles. The minimum absolute atomic E-state index is 0.226. The Hall–Kier alpha value is -2.67. The van der Waals surface area contributed by atoms with Gasteiger partial charge in [-0.15, -0.1) is 0 Å².